The fourth-order valence-electron chi connectivity index (χ4n) is 4.92. The Bertz CT molecular complexity index is 1510. The number of carbonyl (C=O) groups excluding carboxylic acids is 1. The third kappa shape index (κ3) is 3.94. The van der Waals surface area contributed by atoms with E-state index in [0.717, 1.165) is 53.8 Å². The van der Waals surface area contributed by atoms with Gasteiger partial charge in [-0.15, -0.1) is 11.3 Å². The smallest absolute Gasteiger partial charge is 0.397 e. The second-order valence-electron chi connectivity index (χ2n) is 9.10. The molecule has 2 aromatic heterocycles. The largest absolute Gasteiger partial charge is 0.416 e. The van der Waals surface area contributed by atoms with Gasteiger partial charge in [0.15, 0.2) is 0 Å². The van der Waals surface area contributed by atoms with Crippen LogP contribution in [0.5, 0.6) is 0 Å². The van der Waals surface area contributed by atoms with E-state index in [1.807, 2.05) is 12.1 Å². The molecule has 0 saturated carbocycles. The summed E-state index contributed by atoms with van der Waals surface area (Å²) in [4.78, 5) is 22.6. The minimum atomic E-state index is -4.53. The zero-order valence-corrected chi connectivity index (χ0v) is 20.8. The number of para-hydroxylation sites is 1. The minimum absolute atomic E-state index is 0.204. The van der Waals surface area contributed by atoms with Crippen LogP contribution in [0.4, 0.5) is 30.2 Å². The number of pyridine rings is 1. The summed E-state index contributed by atoms with van der Waals surface area (Å²) in [5.41, 5.74) is 9.03. The molecule has 0 saturated heterocycles. The second kappa shape index (κ2) is 8.81. The van der Waals surface area contributed by atoms with Crippen molar-refractivity contribution in [3.63, 3.8) is 0 Å². The molecule has 4 aromatic rings. The number of fused-ring (bicyclic) bond motifs is 4. The number of carbonyl (C=O) groups is 1. The van der Waals surface area contributed by atoms with Crippen molar-refractivity contribution in [3.8, 4) is 0 Å². The van der Waals surface area contributed by atoms with Crippen molar-refractivity contribution in [3.05, 3.63) is 70.2 Å². The second-order valence-corrected chi connectivity index (χ2v) is 11.2. The Morgan fingerprint density at radius 2 is 1.69 bits per heavy atom. The third-order valence-corrected chi connectivity index (χ3v) is 8.98. The number of aryl methyl sites for hydroxylation is 2. The lowest BCUT2D eigenvalue weighted by Crippen LogP contribution is -2.28. The zero-order valence-electron chi connectivity index (χ0n) is 19.2. The molecule has 1 aliphatic heterocycles. The molecule has 184 valence electrons. The lowest BCUT2D eigenvalue weighted by atomic mass is 9.96. The van der Waals surface area contributed by atoms with Crippen LogP contribution in [0.15, 0.2) is 58.3 Å². The van der Waals surface area contributed by atoms with E-state index in [1.54, 1.807) is 12.1 Å². The van der Waals surface area contributed by atoms with E-state index in [9.17, 15) is 18.0 Å². The molecule has 0 bridgehead atoms. The molecule has 1 amide bonds. The molecule has 36 heavy (non-hydrogen) atoms. The molecular formula is C27H22F3N3OS2. The number of rotatable bonds is 1. The summed E-state index contributed by atoms with van der Waals surface area (Å²) in [5, 5.41) is 0.742. The summed E-state index contributed by atoms with van der Waals surface area (Å²) >= 11 is 2.56. The number of alkyl halides is 3. The number of hydrogen-bond acceptors (Lipinski definition) is 5. The van der Waals surface area contributed by atoms with E-state index in [-0.39, 0.29) is 5.69 Å². The summed E-state index contributed by atoms with van der Waals surface area (Å²) in [7, 11) is 0. The van der Waals surface area contributed by atoms with Crippen molar-refractivity contribution in [1.82, 2.24) is 4.98 Å². The van der Waals surface area contributed by atoms with Crippen molar-refractivity contribution >= 4 is 56.3 Å². The van der Waals surface area contributed by atoms with Gasteiger partial charge >= 0.3 is 6.18 Å². The third-order valence-electron chi connectivity index (χ3n) is 6.75. The number of benzene rings is 2. The number of halogens is 3. The molecule has 0 spiro atoms. The summed E-state index contributed by atoms with van der Waals surface area (Å²) in [6, 6.07) is 12.8. The van der Waals surface area contributed by atoms with Crippen LogP contribution in [0.25, 0.3) is 10.2 Å². The highest BCUT2D eigenvalue weighted by Crippen LogP contribution is 2.51. The first-order valence-corrected chi connectivity index (χ1v) is 13.5. The lowest BCUT2D eigenvalue weighted by Gasteiger charge is -2.31. The minimum Gasteiger partial charge on any atom is -0.397 e. The van der Waals surface area contributed by atoms with Crippen LogP contribution < -0.4 is 10.6 Å². The van der Waals surface area contributed by atoms with Crippen LogP contribution in [0.1, 0.15) is 52.2 Å². The van der Waals surface area contributed by atoms with Gasteiger partial charge in [-0.1, -0.05) is 36.7 Å². The molecular weight excluding hydrogens is 503 g/mol. The predicted octanol–water partition coefficient (Wildman–Crippen LogP) is 8.00. The number of nitrogens with two attached hydrogens (primary N) is 1. The fraction of sp³-hybridized carbons (Fsp3) is 0.259. The van der Waals surface area contributed by atoms with Crippen LogP contribution in [0.2, 0.25) is 0 Å². The first kappa shape index (κ1) is 23.4. The standard InChI is InChI=1S/C27H22F3N3OS2/c28-27(29,30)16-11-12-22-20(14-16)33(19-9-5-6-10-21(19)35-22)26(34)24-23(31)17-13-15-7-3-1-2-4-8-18(15)32-25(17)36-24/h5-6,9-14H,1-4,7-8,31H2. The maximum atomic E-state index is 14.0. The molecule has 4 nitrogen and oxygen atoms in total. The molecule has 1 aliphatic carbocycles. The van der Waals surface area contributed by atoms with E-state index < -0.39 is 17.6 Å². The van der Waals surface area contributed by atoms with Crippen molar-refractivity contribution < 1.29 is 18.0 Å². The molecule has 3 heterocycles. The van der Waals surface area contributed by atoms with Gasteiger partial charge in [-0.25, -0.2) is 4.98 Å². The molecule has 0 atom stereocenters. The van der Waals surface area contributed by atoms with Crippen LogP contribution in [-0.4, -0.2) is 10.9 Å². The highest BCUT2D eigenvalue weighted by atomic mass is 32.2. The quantitative estimate of drug-likeness (QED) is 0.274. The monoisotopic (exact) mass is 525 g/mol. The highest BCUT2D eigenvalue weighted by Gasteiger charge is 2.36. The Morgan fingerprint density at radius 3 is 2.50 bits per heavy atom. The van der Waals surface area contributed by atoms with Gasteiger partial charge in [0.05, 0.1) is 22.6 Å². The highest BCUT2D eigenvalue weighted by molar-refractivity contribution is 7.99. The first-order valence-electron chi connectivity index (χ1n) is 11.8. The Balaban J connectivity index is 1.50. The van der Waals surface area contributed by atoms with Gasteiger partial charge in [0.2, 0.25) is 0 Å². The maximum Gasteiger partial charge on any atom is 0.416 e. The molecule has 2 N–H and O–H groups in total. The molecule has 2 aliphatic rings. The number of nitrogen functional groups attached to an aromatic ring is 1. The van der Waals surface area contributed by atoms with Gasteiger partial charge in [-0.3, -0.25) is 9.69 Å². The van der Waals surface area contributed by atoms with Gasteiger partial charge in [0, 0.05) is 20.9 Å². The van der Waals surface area contributed by atoms with Crippen LogP contribution in [0, 0.1) is 0 Å². The average Bonchev–Trinajstić information content (AvgIpc) is 3.16. The average molecular weight is 526 g/mol. The van der Waals surface area contributed by atoms with Crippen molar-refractivity contribution in [2.75, 3.05) is 10.6 Å². The van der Waals surface area contributed by atoms with E-state index in [4.69, 9.17) is 10.7 Å². The Hall–Kier alpha value is -3.04. The van der Waals surface area contributed by atoms with Gasteiger partial charge in [0.1, 0.15) is 9.71 Å². The maximum absolute atomic E-state index is 14.0. The first-order chi connectivity index (χ1) is 17.3. The Labute approximate surface area is 214 Å². The summed E-state index contributed by atoms with van der Waals surface area (Å²) in [6.45, 7) is 0. The summed E-state index contributed by atoms with van der Waals surface area (Å²) < 4.78 is 40.7. The zero-order chi connectivity index (χ0) is 25.0. The normalized spacial score (nSPS) is 15.6. The lowest BCUT2D eigenvalue weighted by molar-refractivity contribution is -0.137. The molecule has 2 aromatic carbocycles. The number of thiophene rings is 1. The van der Waals surface area contributed by atoms with Crippen LogP contribution in [-0.2, 0) is 19.0 Å². The van der Waals surface area contributed by atoms with Crippen LogP contribution >= 0.6 is 23.1 Å². The molecule has 0 radical (unpaired) electrons. The predicted molar refractivity (Wildman–Crippen MR) is 138 cm³/mol. The van der Waals surface area contributed by atoms with Gasteiger partial charge < -0.3 is 5.73 Å². The van der Waals surface area contributed by atoms with Gasteiger partial charge in [-0.2, -0.15) is 13.2 Å². The van der Waals surface area contributed by atoms with Crippen molar-refractivity contribution in [2.24, 2.45) is 0 Å². The Kier molecular flexibility index (Phi) is 5.72. The van der Waals surface area contributed by atoms with Crippen LogP contribution in [0.3, 0.4) is 0 Å². The van der Waals surface area contributed by atoms with E-state index in [1.165, 1.54) is 52.5 Å². The van der Waals surface area contributed by atoms with Gasteiger partial charge in [-0.05, 0) is 67.6 Å². The fourth-order valence-corrected chi connectivity index (χ4v) is 6.99. The topological polar surface area (TPSA) is 59.2 Å². The summed E-state index contributed by atoms with van der Waals surface area (Å²) in [6.07, 6.45) is 1.85. The Morgan fingerprint density at radius 1 is 0.944 bits per heavy atom. The van der Waals surface area contributed by atoms with E-state index >= 15 is 0 Å². The summed E-state index contributed by atoms with van der Waals surface area (Å²) in [5.74, 6) is -0.448. The number of amides is 1. The molecule has 6 rings (SSSR count). The number of hydrogen-bond donors (Lipinski definition) is 1. The molecule has 9 heteroatoms. The van der Waals surface area contributed by atoms with E-state index in [0.29, 0.717) is 26.0 Å². The van der Waals surface area contributed by atoms with E-state index in [2.05, 4.69) is 6.07 Å². The van der Waals surface area contributed by atoms with Crippen molar-refractivity contribution in [2.45, 2.75) is 54.5 Å². The number of aromatic nitrogens is 1. The number of nitrogens with zero attached hydrogens (tertiary/aromatic N) is 2. The molecule has 0 fully saturated rings. The van der Waals surface area contributed by atoms with Gasteiger partial charge in [0.25, 0.3) is 5.91 Å². The molecule has 0 unspecified atom stereocenters. The van der Waals surface area contributed by atoms with Crippen molar-refractivity contribution in [1.29, 1.82) is 0 Å². The SMILES string of the molecule is Nc1c(C(=O)N2c3ccccc3Sc3ccc(C(F)(F)F)cc32)sc2nc3c(cc12)CCCCCC3. The number of anilines is 3.